The Morgan fingerprint density at radius 2 is 1.84 bits per heavy atom. The standard InChI is InChI=1S/C14H20BrNO2S/c1-11-8-9-12(15)10-14(11)19(17,18)16(2)13-6-4-3-5-7-13/h8-10,13H,3-7H2,1-2H3. The van der Waals surface area contributed by atoms with Crippen LogP contribution in [-0.2, 0) is 10.0 Å². The van der Waals surface area contributed by atoms with Crippen molar-refractivity contribution >= 4 is 26.0 Å². The van der Waals surface area contributed by atoms with Crippen LogP contribution < -0.4 is 0 Å². The first-order valence-electron chi connectivity index (χ1n) is 6.67. The van der Waals surface area contributed by atoms with E-state index in [-0.39, 0.29) is 6.04 Å². The lowest BCUT2D eigenvalue weighted by Crippen LogP contribution is -2.38. The highest BCUT2D eigenvalue weighted by molar-refractivity contribution is 9.10. The Kier molecular flexibility index (Phi) is 4.69. The molecule has 0 spiro atoms. The normalized spacial score (nSPS) is 17.9. The molecule has 0 unspecified atom stereocenters. The van der Waals surface area contributed by atoms with Crippen LogP contribution in [0.25, 0.3) is 0 Å². The molecule has 1 fully saturated rings. The number of halogens is 1. The van der Waals surface area contributed by atoms with Gasteiger partial charge in [-0.3, -0.25) is 0 Å². The zero-order valence-corrected chi connectivity index (χ0v) is 13.8. The summed E-state index contributed by atoms with van der Waals surface area (Å²) in [6, 6.07) is 5.56. The molecule has 0 heterocycles. The second kappa shape index (κ2) is 5.94. The first-order valence-corrected chi connectivity index (χ1v) is 8.90. The quantitative estimate of drug-likeness (QED) is 0.837. The summed E-state index contributed by atoms with van der Waals surface area (Å²) in [4.78, 5) is 0.412. The van der Waals surface area contributed by atoms with E-state index in [1.165, 1.54) is 6.42 Å². The molecule has 1 aromatic carbocycles. The van der Waals surface area contributed by atoms with E-state index in [1.54, 1.807) is 17.4 Å². The fourth-order valence-corrected chi connectivity index (χ4v) is 4.82. The summed E-state index contributed by atoms with van der Waals surface area (Å²) in [6.45, 7) is 1.84. The Balaban J connectivity index is 2.33. The largest absolute Gasteiger partial charge is 0.243 e. The van der Waals surface area contributed by atoms with E-state index in [9.17, 15) is 8.42 Å². The van der Waals surface area contributed by atoms with Gasteiger partial charge in [0.15, 0.2) is 0 Å². The molecule has 0 aromatic heterocycles. The van der Waals surface area contributed by atoms with E-state index >= 15 is 0 Å². The zero-order valence-electron chi connectivity index (χ0n) is 11.4. The van der Waals surface area contributed by atoms with Gasteiger partial charge in [-0.15, -0.1) is 0 Å². The molecule has 19 heavy (non-hydrogen) atoms. The first kappa shape index (κ1) is 15.0. The van der Waals surface area contributed by atoms with Crippen molar-refractivity contribution in [3.05, 3.63) is 28.2 Å². The molecule has 2 rings (SSSR count). The number of sulfonamides is 1. The SMILES string of the molecule is Cc1ccc(Br)cc1S(=O)(=O)N(C)C1CCCCC1. The molecular weight excluding hydrogens is 326 g/mol. The molecule has 106 valence electrons. The van der Waals surface area contributed by atoms with Crippen LogP contribution in [0, 0.1) is 6.92 Å². The lowest BCUT2D eigenvalue weighted by atomic mass is 9.96. The van der Waals surface area contributed by atoms with Gasteiger partial charge in [0.25, 0.3) is 0 Å². The highest BCUT2D eigenvalue weighted by Crippen LogP contribution is 2.29. The third kappa shape index (κ3) is 3.20. The van der Waals surface area contributed by atoms with E-state index in [4.69, 9.17) is 0 Å². The predicted octanol–water partition coefficient (Wildman–Crippen LogP) is 3.71. The number of hydrogen-bond donors (Lipinski definition) is 0. The molecular formula is C14H20BrNO2S. The summed E-state index contributed by atoms with van der Waals surface area (Å²) in [5.41, 5.74) is 0.797. The lowest BCUT2D eigenvalue weighted by molar-refractivity contribution is 0.285. The molecule has 0 radical (unpaired) electrons. The van der Waals surface area contributed by atoms with Gasteiger partial charge in [0.1, 0.15) is 0 Å². The van der Waals surface area contributed by atoms with Gasteiger partial charge in [0.05, 0.1) is 4.90 Å². The van der Waals surface area contributed by atoms with Gasteiger partial charge in [-0.2, -0.15) is 4.31 Å². The van der Waals surface area contributed by atoms with Crippen molar-refractivity contribution in [3.8, 4) is 0 Å². The van der Waals surface area contributed by atoms with Crippen LogP contribution >= 0.6 is 15.9 Å². The van der Waals surface area contributed by atoms with Crippen LogP contribution in [0.5, 0.6) is 0 Å². The zero-order chi connectivity index (χ0) is 14.0. The maximum absolute atomic E-state index is 12.7. The summed E-state index contributed by atoms with van der Waals surface area (Å²) >= 11 is 3.35. The van der Waals surface area contributed by atoms with Gasteiger partial charge >= 0.3 is 0 Å². The summed E-state index contributed by atoms with van der Waals surface area (Å²) in [5.74, 6) is 0. The van der Waals surface area contributed by atoms with Crippen LogP contribution in [0.2, 0.25) is 0 Å². The maximum atomic E-state index is 12.7. The Morgan fingerprint density at radius 1 is 1.21 bits per heavy atom. The predicted molar refractivity (Wildman–Crippen MR) is 80.7 cm³/mol. The third-order valence-electron chi connectivity index (χ3n) is 3.90. The van der Waals surface area contributed by atoms with E-state index < -0.39 is 10.0 Å². The van der Waals surface area contributed by atoms with Gasteiger partial charge in [0.2, 0.25) is 10.0 Å². The molecule has 0 amide bonds. The minimum atomic E-state index is -3.39. The van der Waals surface area contributed by atoms with Crippen LogP contribution in [0.1, 0.15) is 37.7 Å². The molecule has 0 bridgehead atoms. The monoisotopic (exact) mass is 345 g/mol. The number of benzene rings is 1. The molecule has 0 saturated heterocycles. The van der Waals surface area contributed by atoms with Crippen molar-refractivity contribution in [2.24, 2.45) is 0 Å². The van der Waals surface area contributed by atoms with Crippen LogP contribution in [-0.4, -0.2) is 25.8 Å². The minimum absolute atomic E-state index is 0.150. The van der Waals surface area contributed by atoms with E-state index in [1.807, 2.05) is 19.1 Å². The van der Waals surface area contributed by atoms with E-state index in [2.05, 4.69) is 15.9 Å². The lowest BCUT2D eigenvalue weighted by Gasteiger charge is -2.30. The van der Waals surface area contributed by atoms with Gasteiger partial charge in [0, 0.05) is 17.6 Å². The summed E-state index contributed by atoms with van der Waals surface area (Å²) < 4.78 is 27.8. The van der Waals surface area contributed by atoms with Gasteiger partial charge in [-0.05, 0) is 37.5 Å². The van der Waals surface area contributed by atoms with Crippen LogP contribution in [0.3, 0.4) is 0 Å². The van der Waals surface area contributed by atoms with Crippen molar-refractivity contribution in [2.45, 2.75) is 50.0 Å². The second-order valence-electron chi connectivity index (χ2n) is 5.22. The maximum Gasteiger partial charge on any atom is 0.243 e. The Morgan fingerprint density at radius 3 is 2.47 bits per heavy atom. The Labute approximate surface area is 124 Å². The average molecular weight is 346 g/mol. The summed E-state index contributed by atoms with van der Waals surface area (Å²) in [6.07, 6.45) is 5.43. The molecule has 1 aliphatic carbocycles. The van der Waals surface area contributed by atoms with Crippen molar-refractivity contribution in [3.63, 3.8) is 0 Å². The molecule has 3 nitrogen and oxygen atoms in total. The van der Waals surface area contributed by atoms with Crippen LogP contribution in [0.15, 0.2) is 27.6 Å². The van der Waals surface area contributed by atoms with Gasteiger partial charge in [-0.25, -0.2) is 8.42 Å². The van der Waals surface area contributed by atoms with E-state index in [0.717, 1.165) is 35.7 Å². The fraction of sp³-hybridized carbons (Fsp3) is 0.571. The summed E-state index contributed by atoms with van der Waals surface area (Å²) in [7, 11) is -1.67. The van der Waals surface area contributed by atoms with Crippen molar-refractivity contribution in [1.29, 1.82) is 0 Å². The topological polar surface area (TPSA) is 37.4 Å². The second-order valence-corrected chi connectivity index (χ2v) is 8.10. The van der Waals surface area contributed by atoms with Crippen molar-refractivity contribution < 1.29 is 8.42 Å². The number of rotatable bonds is 3. The molecule has 0 aliphatic heterocycles. The third-order valence-corrected chi connectivity index (χ3v) is 6.44. The fourth-order valence-electron chi connectivity index (χ4n) is 2.65. The van der Waals surface area contributed by atoms with Crippen molar-refractivity contribution in [1.82, 2.24) is 4.31 Å². The number of hydrogen-bond acceptors (Lipinski definition) is 2. The van der Waals surface area contributed by atoms with Crippen molar-refractivity contribution in [2.75, 3.05) is 7.05 Å². The Hall–Kier alpha value is -0.390. The van der Waals surface area contributed by atoms with Gasteiger partial charge in [-0.1, -0.05) is 41.3 Å². The highest BCUT2D eigenvalue weighted by atomic mass is 79.9. The highest BCUT2D eigenvalue weighted by Gasteiger charge is 2.30. The average Bonchev–Trinajstić information content (AvgIpc) is 2.41. The first-order chi connectivity index (χ1) is 8.93. The minimum Gasteiger partial charge on any atom is -0.207 e. The number of aryl methyl sites for hydroxylation is 1. The Bertz CT molecular complexity index is 551. The summed E-state index contributed by atoms with van der Waals surface area (Å²) in [5, 5.41) is 0. The number of nitrogens with zero attached hydrogens (tertiary/aromatic N) is 1. The molecule has 1 saturated carbocycles. The molecule has 0 N–H and O–H groups in total. The molecule has 0 atom stereocenters. The van der Waals surface area contributed by atoms with Crippen LogP contribution in [0.4, 0.5) is 0 Å². The molecule has 1 aliphatic rings. The molecule has 1 aromatic rings. The smallest absolute Gasteiger partial charge is 0.207 e. The van der Waals surface area contributed by atoms with Gasteiger partial charge < -0.3 is 0 Å². The molecule has 5 heteroatoms. The van der Waals surface area contributed by atoms with E-state index in [0.29, 0.717) is 4.90 Å².